The zero-order valence-electron chi connectivity index (χ0n) is 14.8. The van der Waals surface area contributed by atoms with Crippen molar-refractivity contribution >= 4 is 38.9 Å². The zero-order valence-corrected chi connectivity index (χ0v) is 17.2. The summed E-state index contributed by atoms with van der Waals surface area (Å²) in [7, 11) is -3.98. The maximum Gasteiger partial charge on any atom is 0.291 e. The number of fused-ring (bicyclic) bond motifs is 1. The fraction of sp³-hybridized carbons (Fsp3) is 0.158. The van der Waals surface area contributed by atoms with Crippen LogP contribution in [-0.2, 0) is 16.4 Å². The lowest BCUT2D eigenvalue weighted by atomic mass is 10.0. The minimum atomic E-state index is -3.98. The molecule has 3 aromatic rings. The number of para-hydroxylation sites is 1. The van der Waals surface area contributed by atoms with Crippen molar-refractivity contribution in [1.82, 2.24) is 9.78 Å². The van der Waals surface area contributed by atoms with Gasteiger partial charge in [-0.15, -0.1) is 0 Å². The largest absolute Gasteiger partial charge is 0.291 e. The Morgan fingerprint density at radius 1 is 1.07 bits per heavy atom. The highest BCUT2D eigenvalue weighted by atomic mass is 35.5. The molecule has 0 fully saturated rings. The van der Waals surface area contributed by atoms with Crippen molar-refractivity contribution < 1.29 is 12.8 Å². The second kappa shape index (κ2) is 7.44. The van der Waals surface area contributed by atoms with Crippen molar-refractivity contribution in [1.29, 1.82) is 0 Å². The van der Waals surface area contributed by atoms with Crippen LogP contribution >= 0.6 is 23.2 Å². The molecule has 29 heavy (non-hydrogen) atoms. The number of benzene rings is 2. The molecule has 1 aliphatic heterocycles. The molecule has 0 N–H and O–H groups in total. The van der Waals surface area contributed by atoms with E-state index < -0.39 is 21.4 Å². The summed E-state index contributed by atoms with van der Waals surface area (Å²) in [6, 6.07) is 10.1. The van der Waals surface area contributed by atoms with E-state index in [9.17, 15) is 17.6 Å². The van der Waals surface area contributed by atoms with Gasteiger partial charge in [0.05, 0.1) is 27.5 Å². The van der Waals surface area contributed by atoms with Gasteiger partial charge in [0.2, 0.25) is 0 Å². The Kier molecular flexibility index (Phi) is 5.10. The molecule has 0 amide bonds. The molecule has 0 bridgehead atoms. The van der Waals surface area contributed by atoms with Crippen LogP contribution in [-0.4, -0.2) is 24.7 Å². The lowest BCUT2D eigenvalue weighted by Crippen LogP contribution is -2.36. The van der Waals surface area contributed by atoms with Gasteiger partial charge in [-0.2, -0.15) is 9.78 Å². The monoisotopic (exact) mass is 453 g/mol. The highest BCUT2D eigenvalue weighted by Gasteiger charge is 2.31. The van der Waals surface area contributed by atoms with Crippen LogP contribution in [0.2, 0.25) is 10.0 Å². The molecule has 4 rings (SSSR count). The number of hydrogen-bond donors (Lipinski definition) is 0. The number of nitrogens with zero attached hydrogens (tertiary/aromatic N) is 3. The molecule has 10 heteroatoms. The quantitative estimate of drug-likeness (QED) is 0.604. The summed E-state index contributed by atoms with van der Waals surface area (Å²) in [5.74, 6) is -0.575. The van der Waals surface area contributed by atoms with Gasteiger partial charge < -0.3 is 0 Å². The average Bonchev–Trinajstić information content (AvgIpc) is 2.72. The van der Waals surface area contributed by atoms with Gasteiger partial charge in [-0.05, 0) is 48.7 Å². The second-order valence-electron chi connectivity index (χ2n) is 6.45. The Labute approximate surface area is 176 Å². The van der Waals surface area contributed by atoms with Crippen molar-refractivity contribution in [2.75, 3.05) is 10.8 Å². The van der Waals surface area contributed by atoms with E-state index in [-0.39, 0.29) is 27.2 Å². The van der Waals surface area contributed by atoms with Gasteiger partial charge >= 0.3 is 0 Å². The van der Waals surface area contributed by atoms with Crippen LogP contribution in [0.5, 0.6) is 0 Å². The number of aromatic nitrogens is 2. The van der Waals surface area contributed by atoms with Gasteiger partial charge in [-0.1, -0.05) is 35.3 Å². The fourth-order valence-corrected chi connectivity index (χ4v) is 5.09. The summed E-state index contributed by atoms with van der Waals surface area (Å²) >= 11 is 11.6. The van der Waals surface area contributed by atoms with Gasteiger partial charge in [-0.25, -0.2) is 12.8 Å². The summed E-state index contributed by atoms with van der Waals surface area (Å²) in [4.78, 5) is 12.2. The molecule has 0 spiro atoms. The smallest absolute Gasteiger partial charge is 0.266 e. The lowest BCUT2D eigenvalue weighted by Gasteiger charge is -2.30. The highest BCUT2D eigenvalue weighted by molar-refractivity contribution is 7.92. The summed E-state index contributed by atoms with van der Waals surface area (Å²) in [5, 5.41) is 3.75. The first-order chi connectivity index (χ1) is 13.8. The zero-order chi connectivity index (χ0) is 20.8. The van der Waals surface area contributed by atoms with Crippen LogP contribution in [0, 0.1) is 5.82 Å². The summed E-state index contributed by atoms with van der Waals surface area (Å²) in [6.07, 6.45) is 2.43. The number of rotatable bonds is 3. The van der Waals surface area contributed by atoms with E-state index in [0.717, 1.165) is 8.99 Å². The molecule has 0 aliphatic carbocycles. The van der Waals surface area contributed by atoms with E-state index in [0.29, 0.717) is 24.1 Å². The van der Waals surface area contributed by atoms with Crippen LogP contribution in [0.25, 0.3) is 5.69 Å². The fourth-order valence-electron chi connectivity index (χ4n) is 3.29. The molecule has 0 radical (unpaired) electrons. The number of aryl methyl sites for hydroxylation is 1. The van der Waals surface area contributed by atoms with Crippen molar-refractivity contribution in [3.8, 4) is 5.69 Å². The van der Waals surface area contributed by atoms with Crippen LogP contribution < -0.4 is 9.86 Å². The van der Waals surface area contributed by atoms with E-state index in [2.05, 4.69) is 5.10 Å². The summed E-state index contributed by atoms with van der Waals surface area (Å²) in [5.41, 5.74) is 0.438. The van der Waals surface area contributed by atoms with E-state index in [1.54, 1.807) is 12.1 Å². The van der Waals surface area contributed by atoms with E-state index in [4.69, 9.17) is 23.2 Å². The van der Waals surface area contributed by atoms with Crippen molar-refractivity contribution in [2.45, 2.75) is 17.7 Å². The van der Waals surface area contributed by atoms with E-state index in [1.807, 2.05) is 0 Å². The predicted molar refractivity (Wildman–Crippen MR) is 109 cm³/mol. The second-order valence-corrected chi connectivity index (χ2v) is 9.09. The van der Waals surface area contributed by atoms with Crippen LogP contribution in [0.3, 0.4) is 0 Å². The van der Waals surface area contributed by atoms with Crippen LogP contribution in [0.1, 0.15) is 12.0 Å². The summed E-state index contributed by atoms with van der Waals surface area (Å²) in [6.45, 7) is 0.186. The minimum absolute atomic E-state index is 0.0227. The SMILES string of the molecule is O=c1c(Cl)c(Cl)cnn1-c1ccc(S(=O)(=O)N2CCCc3cccc(F)c32)cc1. The topological polar surface area (TPSA) is 72.3 Å². The summed E-state index contributed by atoms with van der Waals surface area (Å²) < 4.78 is 42.8. The minimum Gasteiger partial charge on any atom is -0.266 e. The molecule has 0 unspecified atom stereocenters. The van der Waals surface area contributed by atoms with Crippen LogP contribution in [0.4, 0.5) is 10.1 Å². The maximum atomic E-state index is 14.4. The molecule has 6 nitrogen and oxygen atoms in total. The van der Waals surface area contributed by atoms with Crippen molar-refractivity contribution in [2.24, 2.45) is 0 Å². The van der Waals surface area contributed by atoms with Gasteiger partial charge in [0.25, 0.3) is 15.6 Å². The Hall–Kier alpha value is -2.42. The molecular weight excluding hydrogens is 440 g/mol. The first-order valence-corrected chi connectivity index (χ1v) is 10.8. The van der Waals surface area contributed by atoms with Gasteiger partial charge in [-0.3, -0.25) is 9.10 Å². The van der Waals surface area contributed by atoms with Crippen molar-refractivity contribution in [3.63, 3.8) is 0 Å². The lowest BCUT2D eigenvalue weighted by molar-refractivity contribution is 0.577. The molecule has 1 aromatic heterocycles. The van der Waals surface area contributed by atoms with Gasteiger partial charge in [0.1, 0.15) is 10.8 Å². The first kappa shape index (κ1) is 19.9. The molecule has 2 heterocycles. The number of sulfonamides is 1. The molecule has 150 valence electrons. The molecule has 2 aromatic carbocycles. The standard InChI is InChI=1S/C19H14Cl2FN3O3S/c20-15-11-23-25(19(26)17(15)21)13-6-8-14(9-7-13)29(27,28)24-10-2-4-12-3-1-5-16(22)18(12)24/h1,3,5-9,11H,2,4,10H2. The van der Waals surface area contributed by atoms with E-state index in [1.165, 1.54) is 36.5 Å². The third-order valence-corrected chi connectivity index (χ3v) is 7.23. The van der Waals surface area contributed by atoms with Gasteiger partial charge in [0.15, 0.2) is 0 Å². The van der Waals surface area contributed by atoms with E-state index >= 15 is 0 Å². The van der Waals surface area contributed by atoms with Crippen LogP contribution in [0.15, 0.2) is 58.4 Å². The van der Waals surface area contributed by atoms with Crippen molar-refractivity contribution in [3.05, 3.63) is 80.4 Å². The number of halogens is 3. The molecule has 0 atom stereocenters. The first-order valence-electron chi connectivity index (χ1n) is 8.64. The molecule has 0 saturated heterocycles. The highest BCUT2D eigenvalue weighted by Crippen LogP contribution is 2.34. The Morgan fingerprint density at radius 3 is 2.52 bits per heavy atom. The Balaban J connectivity index is 1.74. The average molecular weight is 454 g/mol. The number of hydrogen-bond acceptors (Lipinski definition) is 4. The molecule has 0 saturated carbocycles. The Bertz CT molecular complexity index is 1260. The molecular formula is C19H14Cl2FN3O3S. The predicted octanol–water partition coefficient (Wildman–Crippen LogP) is 3.82. The third kappa shape index (κ3) is 3.41. The third-order valence-electron chi connectivity index (χ3n) is 4.67. The van der Waals surface area contributed by atoms with Gasteiger partial charge in [0, 0.05) is 6.54 Å². The Morgan fingerprint density at radius 2 is 1.79 bits per heavy atom. The normalized spacial score (nSPS) is 14.0. The molecule has 1 aliphatic rings. The maximum absolute atomic E-state index is 14.4. The number of anilines is 1.